The van der Waals surface area contributed by atoms with Crippen LogP contribution in [0.3, 0.4) is 0 Å². The quantitative estimate of drug-likeness (QED) is 0.192. The number of nitrogens with zero attached hydrogens (tertiary/aromatic N) is 1. The normalized spacial score (nSPS) is 15.3. The predicted molar refractivity (Wildman–Crippen MR) is 207 cm³/mol. The monoisotopic (exact) mass is 637 g/mol. The number of para-hydroxylation sites is 1. The Labute approximate surface area is 290 Å². The van der Waals surface area contributed by atoms with Crippen LogP contribution >= 0.6 is 0 Å². The number of benzene rings is 6. The van der Waals surface area contributed by atoms with Gasteiger partial charge in [0.1, 0.15) is 11.2 Å². The molecule has 2 heteroatoms. The second kappa shape index (κ2) is 9.98. The van der Waals surface area contributed by atoms with E-state index in [9.17, 15) is 0 Å². The largest absolute Gasteiger partial charge is 0.456 e. The molecule has 0 aliphatic heterocycles. The minimum atomic E-state index is -0.101. The van der Waals surface area contributed by atoms with E-state index in [4.69, 9.17) is 4.42 Å². The standard InChI is InChI=1S/C47H43NO/c1-28-24-35-32-15-10-12-18-38(32)47(7,8)41(35)27-42(28)48(30-20-22-33-31-14-9-11-17-37(31)46(5,6)40(33)26-30)29-21-23-43-36(25-29)34-16-13-19-39(44(34)49-43)45(2,3)4/h9-27H,1-8H3. The van der Waals surface area contributed by atoms with Crippen LogP contribution in [0.2, 0.25) is 0 Å². The number of hydrogen-bond donors (Lipinski definition) is 0. The first-order valence-electron chi connectivity index (χ1n) is 17.6. The molecule has 0 unspecified atom stereocenters. The average Bonchev–Trinajstić information content (AvgIpc) is 3.64. The SMILES string of the molecule is Cc1cc2c(cc1N(c1ccc3c(c1)C(C)(C)c1ccccc1-3)c1ccc3oc4c(C(C)(C)C)cccc4c3c1)C(C)(C)c1ccccc1-2. The van der Waals surface area contributed by atoms with Gasteiger partial charge in [-0.2, -0.15) is 0 Å². The smallest absolute Gasteiger partial charge is 0.139 e. The van der Waals surface area contributed by atoms with Crippen LogP contribution in [-0.2, 0) is 16.2 Å². The minimum Gasteiger partial charge on any atom is -0.456 e. The lowest BCUT2D eigenvalue weighted by Gasteiger charge is -2.31. The van der Waals surface area contributed by atoms with E-state index >= 15 is 0 Å². The van der Waals surface area contributed by atoms with Gasteiger partial charge in [-0.05, 0) is 105 Å². The summed E-state index contributed by atoms with van der Waals surface area (Å²) in [5, 5.41) is 2.31. The van der Waals surface area contributed by atoms with Crippen LogP contribution in [0.25, 0.3) is 44.2 Å². The molecule has 242 valence electrons. The number of aryl methyl sites for hydroxylation is 1. The molecule has 2 aliphatic rings. The predicted octanol–water partition coefficient (Wildman–Crippen LogP) is 13.3. The molecule has 0 N–H and O–H groups in total. The molecule has 0 bridgehead atoms. The highest BCUT2D eigenvalue weighted by atomic mass is 16.3. The summed E-state index contributed by atoms with van der Waals surface area (Å²) < 4.78 is 6.61. The van der Waals surface area contributed by atoms with E-state index in [1.807, 2.05) is 0 Å². The zero-order valence-electron chi connectivity index (χ0n) is 29.8. The number of rotatable bonds is 3. The first kappa shape index (κ1) is 30.0. The second-order valence-corrected chi connectivity index (χ2v) is 16.3. The minimum absolute atomic E-state index is 0.0248. The number of furan rings is 1. The molecule has 7 aromatic rings. The number of hydrogen-bond acceptors (Lipinski definition) is 2. The highest BCUT2D eigenvalue weighted by Crippen LogP contribution is 2.54. The third-order valence-electron chi connectivity index (χ3n) is 11.5. The molecule has 2 nitrogen and oxygen atoms in total. The number of anilines is 3. The van der Waals surface area contributed by atoms with E-state index < -0.39 is 0 Å². The lowest BCUT2D eigenvalue weighted by molar-refractivity contribution is 0.573. The summed E-state index contributed by atoms with van der Waals surface area (Å²) in [6, 6.07) is 43.1. The van der Waals surface area contributed by atoms with Gasteiger partial charge in [0, 0.05) is 44.2 Å². The van der Waals surface area contributed by atoms with Crippen molar-refractivity contribution in [3.8, 4) is 22.3 Å². The Morgan fingerprint density at radius 2 is 1.12 bits per heavy atom. The maximum atomic E-state index is 6.61. The highest BCUT2D eigenvalue weighted by molar-refractivity contribution is 6.08. The maximum Gasteiger partial charge on any atom is 0.139 e. The molecule has 0 radical (unpaired) electrons. The Bertz CT molecular complexity index is 2500. The van der Waals surface area contributed by atoms with Gasteiger partial charge in [-0.1, -0.05) is 121 Å². The van der Waals surface area contributed by atoms with E-state index in [-0.39, 0.29) is 16.2 Å². The van der Waals surface area contributed by atoms with Crippen LogP contribution in [0.4, 0.5) is 17.1 Å². The fraction of sp³-hybridized carbons (Fsp3) is 0.234. The first-order chi connectivity index (χ1) is 23.4. The Balaban J connectivity index is 1.30. The van der Waals surface area contributed by atoms with Gasteiger partial charge in [0.05, 0.1) is 0 Å². The molecule has 0 spiro atoms. The van der Waals surface area contributed by atoms with Crippen molar-refractivity contribution >= 4 is 39.0 Å². The van der Waals surface area contributed by atoms with E-state index in [1.165, 1.54) is 67.0 Å². The van der Waals surface area contributed by atoms with Crippen LogP contribution in [0.1, 0.15) is 81.8 Å². The lowest BCUT2D eigenvalue weighted by Crippen LogP contribution is -2.18. The molecule has 9 rings (SSSR count). The van der Waals surface area contributed by atoms with Crippen LogP contribution in [0, 0.1) is 6.92 Å². The topological polar surface area (TPSA) is 16.4 Å². The van der Waals surface area contributed by atoms with Crippen LogP contribution in [-0.4, -0.2) is 0 Å². The second-order valence-electron chi connectivity index (χ2n) is 16.3. The van der Waals surface area contributed by atoms with Crippen molar-refractivity contribution in [3.63, 3.8) is 0 Å². The molecule has 0 saturated carbocycles. The van der Waals surface area contributed by atoms with Crippen molar-refractivity contribution in [1.29, 1.82) is 0 Å². The van der Waals surface area contributed by atoms with Gasteiger partial charge in [0.25, 0.3) is 0 Å². The molecule has 0 amide bonds. The maximum absolute atomic E-state index is 6.61. The van der Waals surface area contributed by atoms with Gasteiger partial charge in [-0.25, -0.2) is 0 Å². The molecule has 49 heavy (non-hydrogen) atoms. The molecule has 1 heterocycles. The average molecular weight is 638 g/mol. The fourth-order valence-electron chi connectivity index (χ4n) is 8.86. The van der Waals surface area contributed by atoms with Crippen LogP contribution in [0.5, 0.6) is 0 Å². The van der Waals surface area contributed by atoms with Crippen LogP contribution in [0.15, 0.2) is 120 Å². The van der Waals surface area contributed by atoms with E-state index in [0.717, 1.165) is 27.6 Å². The molecular weight excluding hydrogens is 595 g/mol. The summed E-state index contributed by atoms with van der Waals surface area (Å²) in [5.74, 6) is 0. The van der Waals surface area contributed by atoms with Gasteiger partial charge in [0.15, 0.2) is 0 Å². The molecule has 1 aromatic heterocycles. The Hall–Kier alpha value is -5.08. The van der Waals surface area contributed by atoms with E-state index in [0.29, 0.717) is 0 Å². The summed E-state index contributed by atoms with van der Waals surface area (Å²) in [6.07, 6.45) is 0. The molecule has 0 saturated heterocycles. The summed E-state index contributed by atoms with van der Waals surface area (Å²) in [4.78, 5) is 2.49. The van der Waals surface area contributed by atoms with Crippen LogP contribution < -0.4 is 4.90 Å². The molecule has 0 atom stereocenters. The van der Waals surface area contributed by atoms with Gasteiger partial charge in [-0.3, -0.25) is 0 Å². The Morgan fingerprint density at radius 1 is 0.531 bits per heavy atom. The van der Waals surface area contributed by atoms with Crippen molar-refractivity contribution in [2.75, 3.05) is 4.90 Å². The number of fused-ring (bicyclic) bond motifs is 9. The third kappa shape index (κ3) is 4.19. The summed E-state index contributed by atoms with van der Waals surface area (Å²) in [6.45, 7) is 18.5. The fourth-order valence-corrected chi connectivity index (χ4v) is 8.86. The first-order valence-corrected chi connectivity index (χ1v) is 17.6. The Morgan fingerprint density at radius 3 is 1.82 bits per heavy atom. The highest BCUT2D eigenvalue weighted by Gasteiger charge is 2.38. The van der Waals surface area contributed by atoms with Crippen molar-refractivity contribution in [2.24, 2.45) is 0 Å². The summed E-state index contributed by atoms with van der Waals surface area (Å²) in [7, 11) is 0. The van der Waals surface area contributed by atoms with Crippen molar-refractivity contribution < 1.29 is 4.42 Å². The molecule has 0 fully saturated rings. The van der Waals surface area contributed by atoms with E-state index in [2.05, 4.69) is 176 Å². The zero-order valence-corrected chi connectivity index (χ0v) is 29.8. The van der Waals surface area contributed by atoms with Gasteiger partial charge in [0.2, 0.25) is 0 Å². The molecule has 2 aliphatic carbocycles. The lowest BCUT2D eigenvalue weighted by atomic mass is 9.81. The van der Waals surface area contributed by atoms with Gasteiger partial charge < -0.3 is 9.32 Å². The van der Waals surface area contributed by atoms with Gasteiger partial charge >= 0.3 is 0 Å². The Kier molecular flexibility index (Phi) is 6.11. The molecular formula is C47H43NO. The summed E-state index contributed by atoms with van der Waals surface area (Å²) >= 11 is 0. The molecule has 6 aromatic carbocycles. The third-order valence-corrected chi connectivity index (χ3v) is 11.5. The van der Waals surface area contributed by atoms with Crippen molar-refractivity contribution in [3.05, 3.63) is 149 Å². The van der Waals surface area contributed by atoms with Crippen molar-refractivity contribution in [1.82, 2.24) is 0 Å². The van der Waals surface area contributed by atoms with Gasteiger partial charge in [-0.15, -0.1) is 0 Å². The zero-order chi connectivity index (χ0) is 34.0. The van der Waals surface area contributed by atoms with Crippen molar-refractivity contribution in [2.45, 2.75) is 71.6 Å². The van der Waals surface area contributed by atoms with E-state index in [1.54, 1.807) is 0 Å². The summed E-state index contributed by atoms with van der Waals surface area (Å²) in [5.41, 5.74) is 18.6.